The van der Waals surface area contributed by atoms with E-state index in [1.165, 1.54) is 5.56 Å². The fraction of sp³-hybridized carbons (Fsp3) is 0.150. The Morgan fingerprint density at radius 3 is 3.08 bits per heavy atom. The molecule has 1 amide bonds. The molecule has 24 heavy (non-hydrogen) atoms. The van der Waals surface area contributed by atoms with Gasteiger partial charge in [-0.25, -0.2) is 0 Å². The van der Waals surface area contributed by atoms with Crippen LogP contribution in [-0.4, -0.2) is 17.0 Å². The summed E-state index contributed by atoms with van der Waals surface area (Å²) in [5.41, 5.74) is 5.27. The SMILES string of the molecule is O=C1NCc2c1c1c(c3[nH]c4c(c23)CC=CC=4)OC2C=CC=CC=12. The molecule has 4 nitrogen and oxygen atoms in total. The van der Waals surface area contributed by atoms with Gasteiger partial charge in [-0.2, -0.15) is 0 Å². The molecule has 6 rings (SSSR count). The van der Waals surface area contributed by atoms with Gasteiger partial charge in [0.25, 0.3) is 5.91 Å². The van der Waals surface area contributed by atoms with E-state index in [0.29, 0.717) is 6.54 Å². The molecule has 2 aliphatic heterocycles. The van der Waals surface area contributed by atoms with Crippen molar-refractivity contribution in [3.8, 4) is 5.75 Å². The van der Waals surface area contributed by atoms with Crippen LogP contribution in [-0.2, 0) is 13.0 Å². The highest BCUT2D eigenvalue weighted by Gasteiger charge is 2.35. The second-order valence-corrected chi connectivity index (χ2v) is 6.54. The van der Waals surface area contributed by atoms with Crippen LogP contribution in [0.15, 0.2) is 36.5 Å². The van der Waals surface area contributed by atoms with E-state index < -0.39 is 0 Å². The normalized spacial score (nSPS) is 21.9. The lowest BCUT2D eigenvalue weighted by atomic mass is 9.94. The number of amides is 1. The van der Waals surface area contributed by atoms with E-state index in [2.05, 4.69) is 34.6 Å². The fourth-order valence-electron chi connectivity index (χ4n) is 4.34. The molecule has 1 atom stereocenters. The molecular weight excluding hydrogens is 300 g/mol. The molecule has 4 aliphatic rings. The number of hydrogen-bond acceptors (Lipinski definition) is 2. The van der Waals surface area contributed by atoms with Crippen molar-refractivity contribution < 1.29 is 9.53 Å². The smallest absolute Gasteiger partial charge is 0.252 e. The van der Waals surface area contributed by atoms with Crippen molar-refractivity contribution in [2.45, 2.75) is 19.1 Å². The predicted octanol–water partition coefficient (Wildman–Crippen LogP) is 1.34. The van der Waals surface area contributed by atoms with Gasteiger partial charge in [0.1, 0.15) is 6.10 Å². The van der Waals surface area contributed by atoms with Gasteiger partial charge < -0.3 is 15.0 Å². The number of ether oxygens (including phenoxy) is 1. The van der Waals surface area contributed by atoms with Crippen molar-refractivity contribution in [2.24, 2.45) is 0 Å². The van der Waals surface area contributed by atoms with Gasteiger partial charge in [-0.15, -0.1) is 0 Å². The highest BCUT2D eigenvalue weighted by atomic mass is 16.5. The minimum absolute atomic E-state index is 0.00753. The van der Waals surface area contributed by atoms with Crippen LogP contribution in [0.2, 0.25) is 0 Å². The second kappa shape index (κ2) is 4.09. The molecule has 3 heterocycles. The van der Waals surface area contributed by atoms with Crippen molar-refractivity contribution in [1.82, 2.24) is 10.3 Å². The average Bonchev–Trinajstić information content (AvgIpc) is 3.27. The lowest BCUT2D eigenvalue weighted by Gasteiger charge is -2.11. The largest absolute Gasteiger partial charge is 0.479 e. The maximum absolute atomic E-state index is 12.6. The van der Waals surface area contributed by atoms with E-state index in [-0.39, 0.29) is 12.0 Å². The van der Waals surface area contributed by atoms with Crippen molar-refractivity contribution in [2.75, 3.05) is 0 Å². The third kappa shape index (κ3) is 1.33. The first-order valence-electron chi connectivity index (χ1n) is 8.23. The summed E-state index contributed by atoms with van der Waals surface area (Å²) in [7, 11) is 0. The lowest BCUT2D eigenvalue weighted by Crippen LogP contribution is -2.20. The third-order valence-corrected chi connectivity index (χ3v) is 5.33. The maximum Gasteiger partial charge on any atom is 0.252 e. The molecule has 1 aromatic heterocycles. The second-order valence-electron chi connectivity index (χ2n) is 6.54. The first-order chi connectivity index (χ1) is 11.8. The Kier molecular flexibility index (Phi) is 2.12. The van der Waals surface area contributed by atoms with Crippen LogP contribution in [0.4, 0.5) is 0 Å². The predicted molar refractivity (Wildman–Crippen MR) is 92.1 cm³/mol. The molecule has 0 spiro atoms. The van der Waals surface area contributed by atoms with Crippen LogP contribution in [0.25, 0.3) is 22.6 Å². The number of aromatic nitrogens is 1. The number of nitrogens with one attached hydrogen (secondary N) is 2. The number of benzene rings is 1. The summed E-state index contributed by atoms with van der Waals surface area (Å²) in [4.78, 5) is 16.1. The molecule has 1 unspecified atom stereocenters. The van der Waals surface area contributed by atoms with Gasteiger partial charge in [-0.05, 0) is 29.7 Å². The standard InChI is InChI=1S/C20H14N2O2/c23-20-17-12(9-21-20)15-10-5-1-3-7-13(10)22-18(15)19-16(17)11-6-2-4-8-14(11)24-19/h1-4,6-8,14,22H,5,9H2,(H,21,23). The highest BCUT2D eigenvalue weighted by Crippen LogP contribution is 2.37. The van der Waals surface area contributed by atoms with Crippen LogP contribution in [0.3, 0.4) is 0 Å². The Morgan fingerprint density at radius 2 is 2.12 bits per heavy atom. The maximum atomic E-state index is 12.6. The summed E-state index contributed by atoms with van der Waals surface area (Å²) in [6, 6.07) is 0. The van der Waals surface area contributed by atoms with Gasteiger partial charge in [-0.3, -0.25) is 4.79 Å². The van der Waals surface area contributed by atoms with Crippen LogP contribution >= 0.6 is 0 Å². The summed E-state index contributed by atoms with van der Waals surface area (Å²) < 4.78 is 6.25. The number of carbonyl (C=O) groups excluding carboxylic acids is 1. The minimum atomic E-state index is -0.101. The van der Waals surface area contributed by atoms with Crippen molar-refractivity contribution in [3.05, 3.63) is 63.7 Å². The highest BCUT2D eigenvalue weighted by molar-refractivity contribution is 6.08. The molecule has 2 N–H and O–H groups in total. The lowest BCUT2D eigenvalue weighted by molar-refractivity contribution is 0.0964. The van der Waals surface area contributed by atoms with Crippen LogP contribution in [0, 0.1) is 0 Å². The molecule has 0 radical (unpaired) electrons. The monoisotopic (exact) mass is 314 g/mol. The number of H-pyrrole nitrogens is 1. The molecule has 1 aromatic carbocycles. The molecule has 0 saturated carbocycles. The van der Waals surface area contributed by atoms with Gasteiger partial charge in [0.2, 0.25) is 0 Å². The Hall–Kier alpha value is -3.01. The summed E-state index contributed by atoms with van der Waals surface area (Å²) in [6.45, 7) is 0.587. The molecule has 0 saturated heterocycles. The van der Waals surface area contributed by atoms with Gasteiger partial charge >= 0.3 is 0 Å². The average molecular weight is 314 g/mol. The summed E-state index contributed by atoms with van der Waals surface area (Å²) in [6.07, 6.45) is 15.2. The Morgan fingerprint density at radius 1 is 1.17 bits per heavy atom. The van der Waals surface area contributed by atoms with E-state index >= 15 is 0 Å². The topological polar surface area (TPSA) is 54.1 Å². The quantitative estimate of drug-likeness (QED) is 0.771. The zero-order chi connectivity index (χ0) is 15.8. The number of hydrogen-bond donors (Lipinski definition) is 2. The molecular formula is C20H14N2O2. The number of aromatic amines is 1. The van der Waals surface area contributed by atoms with E-state index in [9.17, 15) is 4.79 Å². The fourth-order valence-corrected chi connectivity index (χ4v) is 4.34. The first-order valence-corrected chi connectivity index (χ1v) is 8.23. The van der Waals surface area contributed by atoms with Gasteiger partial charge in [0, 0.05) is 28.1 Å². The van der Waals surface area contributed by atoms with Crippen LogP contribution in [0.1, 0.15) is 21.5 Å². The summed E-state index contributed by atoms with van der Waals surface area (Å²) in [5.74, 6) is 0.827. The van der Waals surface area contributed by atoms with Crippen LogP contribution < -0.4 is 20.6 Å². The van der Waals surface area contributed by atoms with E-state index in [4.69, 9.17) is 4.74 Å². The summed E-state index contributed by atoms with van der Waals surface area (Å²) in [5, 5.41) is 6.25. The van der Waals surface area contributed by atoms with E-state index in [1.807, 2.05) is 18.2 Å². The van der Waals surface area contributed by atoms with E-state index in [1.54, 1.807) is 0 Å². The van der Waals surface area contributed by atoms with Crippen LogP contribution in [0.5, 0.6) is 5.75 Å². The van der Waals surface area contributed by atoms with Gasteiger partial charge in [0.05, 0.1) is 11.1 Å². The van der Waals surface area contributed by atoms with Crippen molar-refractivity contribution in [1.29, 1.82) is 0 Å². The molecule has 116 valence electrons. The Balaban J connectivity index is 1.87. The first kappa shape index (κ1) is 12.4. The number of allylic oxidation sites excluding steroid dienone is 4. The minimum Gasteiger partial charge on any atom is -0.479 e. The molecule has 2 aromatic rings. The van der Waals surface area contributed by atoms with Crippen molar-refractivity contribution >= 4 is 28.5 Å². The third-order valence-electron chi connectivity index (χ3n) is 5.33. The molecule has 0 fully saturated rings. The summed E-state index contributed by atoms with van der Waals surface area (Å²) >= 11 is 0. The molecule has 0 bridgehead atoms. The zero-order valence-electron chi connectivity index (χ0n) is 12.8. The zero-order valence-corrected chi connectivity index (χ0v) is 12.8. The molecule has 2 aliphatic carbocycles. The number of carbonyl (C=O) groups is 1. The Bertz CT molecular complexity index is 1170. The Labute approximate surface area is 137 Å². The van der Waals surface area contributed by atoms with Gasteiger partial charge in [-0.1, -0.05) is 30.4 Å². The number of fused-ring (bicyclic) bond motifs is 9. The van der Waals surface area contributed by atoms with E-state index in [0.717, 1.165) is 50.3 Å². The molecule has 4 heteroatoms. The van der Waals surface area contributed by atoms with Gasteiger partial charge in [0.15, 0.2) is 5.75 Å². The number of rotatable bonds is 0. The van der Waals surface area contributed by atoms with Crippen molar-refractivity contribution in [3.63, 3.8) is 0 Å².